The van der Waals surface area contributed by atoms with Crippen LogP contribution in [0.25, 0.3) is 10.8 Å². The summed E-state index contributed by atoms with van der Waals surface area (Å²) in [6.45, 7) is 3.23. The van der Waals surface area contributed by atoms with Crippen molar-refractivity contribution in [2.75, 3.05) is 13.2 Å². The van der Waals surface area contributed by atoms with Crippen LogP contribution in [0.3, 0.4) is 0 Å². The molecule has 1 saturated heterocycles. The Balaban J connectivity index is 1.45. The number of halogens is 7. The Bertz CT molecular complexity index is 1350. The molecule has 0 atom stereocenters. The highest BCUT2D eigenvalue weighted by molar-refractivity contribution is 5.85. The number of ether oxygens (including phenoxy) is 3. The number of hydrogen-bond acceptors (Lipinski definition) is 3. The maximum atomic E-state index is 14.9. The molecule has 208 valence electrons. The highest BCUT2D eigenvalue weighted by Gasteiger charge is 2.35. The first-order valence-electron chi connectivity index (χ1n) is 12.4. The van der Waals surface area contributed by atoms with E-state index in [1.165, 1.54) is 18.1 Å². The summed E-state index contributed by atoms with van der Waals surface area (Å²) in [5.74, 6) is -0.435. The standard InChI is InChI=1S/C29H25F7O3/c1-2-3-4-5-18-16-37-27(38-17-18)19-6-9-22(10-7-19)39-29(35,36)21-8-11-23-20(14-21)15-25(30)24(26(23)31)12-13-28(32,33)34/h6-11,14-15,18,27H,2-5,16-17H2,1H3. The van der Waals surface area contributed by atoms with Crippen molar-refractivity contribution < 1.29 is 44.9 Å². The zero-order valence-electron chi connectivity index (χ0n) is 20.9. The van der Waals surface area contributed by atoms with Crippen LogP contribution in [0.15, 0.2) is 48.5 Å². The molecule has 4 rings (SSSR count). The summed E-state index contributed by atoms with van der Waals surface area (Å²) in [5.41, 5.74) is -1.17. The highest BCUT2D eigenvalue weighted by atomic mass is 19.4. The van der Waals surface area contributed by atoms with Gasteiger partial charge in [0, 0.05) is 22.8 Å². The average molecular weight is 555 g/mol. The molecule has 0 saturated carbocycles. The number of alkyl halides is 5. The Kier molecular flexibility index (Phi) is 8.72. The minimum Gasteiger partial charge on any atom is -0.429 e. The largest absolute Gasteiger partial charge is 0.458 e. The van der Waals surface area contributed by atoms with Gasteiger partial charge in [-0.3, -0.25) is 0 Å². The van der Waals surface area contributed by atoms with Crippen LogP contribution in [0, 0.1) is 29.4 Å². The molecule has 0 aromatic heterocycles. The van der Waals surface area contributed by atoms with Crippen molar-refractivity contribution in [3.63, 3.8) is 0 Å². The molecule has 0 unspecified atom stereocenters. The lowest BCUT2D eigenvalue weighted by Crippen LogP contribution is -2.27. The number of fused-ring (bicyclic) bond motifs is 1. The zero-order valence-corrected chi connectivity index (χ0v) is 20.9. The molecular formula is C29H25F7O3. The van der Waals surface area contributed by atoms with Gasteiger partial charge in [0.05, 0.1) is 24.3 Å². The van der Waals surface area contributed by atoms with Crippen LogP contribution in [0.5, 0.6) is 5.75 Å². The van der Waals surface area contributed by atoms with E-state index in [0.29, 0.717) is 30.8 Å². The summed E-state index contributed by atoms with van der Waals surface area (Å²) < 4.78 is 112. The van der Waals surface area contributed by atoms with E-state index in [1.807, 2.05) is 0 Å². The molecule has 39 heavy (non-hydrogen) atoms. The second-order valence-electron chi connectivity index (χ2n) is 9.28. The summed E-state index contributed by atoms with van der Waals surface area (Å²) in [5, 5.41) is -0.662. The van der Waals surface area contributed by atoms with Gasteiger partial charge in [0.1, 0.15) is 17.4 Å². The van der Waals surface area contributed by atoms with E-state index >= 15 is 0 Å². The SMILES string of the molecule is CCCCCC1COC(c2ccc(OC(F)(F)c3ccc4c(F)c(C#CC(F)(F)F)c(F)cc4c3)cc2)OC1. The van der Waals surface area contributed by atoms with Gasteiger partial charge < -0.3 is 14.2 Å². The molecule has 0 spiro atoms. The van der Waals surface area contributed by atoms with Crippen molar-refractivity contribution >= 4 is 10.8 Å². The highest BCUT2D eigenvalue weighted by Crippen LogP contribution is 2.36. The third kappa shape index (κ3) is 7.22. The minimum atomic E-state index is -4.96. The third-order valence-corrected chi connectivity index (χ3v) is 6.27. The molecule has 0 radical (unpaired) electrons. The van der Waals surface area contributed by atoms with E-state index in [0.717, 1.165) is 49.8 Å². The molecule has 3 aromatic rings. The Labute approximate surface area is 220 Å². The topological polar surface area (TPSA) is 27.7 Å². The Morgan fingerprint density at radius 2 is 1.62 bits per heavy atom. The molecule has 1 aliphatic heterocycles. The molecular weight excluding hydrogens is 529 g/mol. The lowest BCUT2D eigenvalue weighted by Gasteiger charge is -2.29. The predicted octanol–water partition coefficient (Wildman–Crippen LogP) is 8.40. The second-order valence-corrected chi connectivity index (χ2v) is 9.28. The van der Waals surface area contributed by atoms with Crippen molar-refractivity contribution in [1.29, 1.82) is 0 Å². The smallest absolute Gasteiger partial charge is 0.429 e. The van der Waals surface area contributed by atoms with Crippen molar-refractivity contribution in [2.24, 2.45) is 5.92 Å². The van der Waals surface area contributed by atoms with E-state index in [2.05, 4.69) is 6.92 Å². The fourth-order valence-electron chi connectivity index (χ4n) is 4.24. The van der Waals surface area contributed by atoms with Gasteiger partial charge in [-0.2, -0.15) is 22.0 Å². The molecule has 1 aliphatic rings. The summed E-state index contributed by atoms with van der Waals surface area (Å²) >= 11 is 0. The summed E-state index contributed by atoms with van der Waals surface area (Å²) in [4.78, 5) is 0. The van der Waals surface area contributed by atoms with Crippen molar-refractivity contribution in [3.05, 3.63) is 76.9 Å². The number of hydrogen-bond donors (Lipinski definition) is 0. The fraction of sp³-hybridized carbons (Fsp3) is 0.379. The Morgan fingerprint density at radius 1 is 0.923 bits per heavy atom. The van der Waals surface area contributed by atoms with E-state index in [4.69, 9.17) is 14.2 Å². The number of unbranched alkanes of at least 4 members (excludes halogenated alkanes) is 2. The van der Waals surface area contributed by atoms with Gasteiger partial charge in [0.15, 0.2) is 6.29 Å². The number of rotatable bonds is 8. The van der Waals surface area contributed by atoms with Crippen LogP contribution in [-0.4, -0.2) is 19.4 Å². The quantitative estimate of drug-likeness (QED) is 0.159. The lowest BCUT2D eigenvalue weighted by atomic mass is 10.0. The molecule has 1 heterocycles. The Hall–Kier alpha value is -3.29. The molecule has 0 bridgehead atoms. The maximum absolute atomic E-state index is 14.9. The van der Waals surface area contributed by atoms with E-state index in [1.54, 1.807) is 12.1 Å². The van der Waals surface area contributed by atoms with Crippen LogP contribution in [-0.2, 0) is 15.6 Å². The van der Waals surface area contributed by atoms with E-state index in [-0.39, 0.29) is 16.5 Å². The zero-order chi connectivity index (χ0) is 28.2. The molecule has 10 heteroatoms. The van der Waals surface area contributed by atoms with Gasteiger partial charge in [-0.1, -0.05) is 50.3 Å². The lowest BCUT2D eigenvalue weighted by molar-refractivity contribution is -0.206. The van der Waals surface area contributed by atoms with Gasteiger partial charge >= 0.3 is 12.3 Å². The van der Waals surface area contributed by atoms with E-state index in [9.17, 15) is 30.7 Å². The van der Waals surface area contributed by atoms with Gasteiger partial charge in [-0.15, -0.1) is 0 Å². The number of benzene rings is 3. The first kappa shape index (κ1) is 28.7. The second kappa shape index (κ2) is 11.8. The Morgan fingerprint density at radius 3 is 2.26 bits per heavy atom. The summed E-state index contributed by atoms with van der Waals surface area (Å²) in [6.07, 6.45) is -5.04. The predicted molar refractivity (Wildman–Crippen MR) is 130 cm³/mol. The van der Waals surface area contributed by atoms with Crippen molar-refractivity contribution in [3.8, 4) is 17.6 Å². The van der Waals surface area contributed by atoms with E-state index < -0.39 is 41.3 Å². The van der Waals surface area contributed by atoms with Gasteiger partial charge in [0.2, 0.25) is 0 Å². The first-order chi connectivity index (χ1) is 18.5. The van der Waals surface area contributed by atoms with Gasteiger partial charge in [-0.05, 0) is 42.1 Å². The molecule has 1 fully saturated rings. The van der Waals surface area contributed by atoms with Gasteiger partial charge in [-0.25, -0.2) is 8.78 Å². The average Bonchev–Trinajstić information content (AvgIpc) is 2.88. The van der Waals surface area contributed by atoms with Crippen molar-refractivity contribution in [2.45, 2.75) is 51.2 Å². The monoisotopic (exact) mass is 554 g/mol. The molecule has 0 N–H and O–H groups in total. The van der Waals surface area contributed by atoms with Crippen molar-refractivity contribution in [1.82, 2.24) is 0 Å². The van der Waals surface area contributed by atoms with Crippen LogP contribution in [0.4, 0.5) is 30.7 Å². The van der Waals surface area contributed by atoms with Crippen LogP contribution < -0.4 is 4.74 Å². The molecule has 0 amide bonds. The normalized spacial score (nSPS) is 18.1. The molecule has 3 nitrogen and oxygen atoms in total. The molecule has 0 aliphatic carbocycles. The minimum absolute atomic E-state index is 0.174. The van der Waals surface area contributed by atoms with Crippen LogP contribution >= 0.6 is 0 Å². The fourth-order valence-corrected chi connectivity index (χ4v) is 4.24. The maximum Gasteiger partial charge on any atom is 0.458 e. The van der Waals surface area contributed by atoms with Gasteiger partial charge in [0.25, 0.3) is 0 Å². The van der Waals surface area contributed by atoms with Crippen LogP contribution in [0.1, 0.15) is 55.6 Å². The summed E-state index contributed by atoms with van der Waals surface area (Å²) in [7, 11) is 0. The summed E-state index contributed by atoms with van der Waals surface area (Å²) in [6, 6.07) is 8.95. The first-order valence-corrected chi connectivity index (χ1v) is 12.4. The van der Waals surface area contributed by atoms with Crippen LogP contribution in [0.2, 0.25) is 0 Å². The third-order valence-electron chi connectivity index (χ3n) is 6.27. The molecule has 3 aromatic carbocycles.